The molecule has 0 atom stereocenters. The van der Waals surface area contributed by atoms with Crippen LogP contribution >= 0.6 is 0 Å². The summed E-state index contributed by atoms with van der Waals surface area (Å²) in [6, 6.07) is 0.515. The molecule has 1 aromatic rings. The Labute approximate surface area is 102 Å². The third kappa shape index (κ3) is 2.78. The smallest absolute Gasteiger partial charge is 0.242 e. The van der Waals surface area contributed by atoms with Crippen molar-refractivity contribution in [3.63, 3.8) is 0 Å². The number of nitrogens with one attached hydrogen (secondary N) is 1. The van der Waals surface area contributed by atoms with E-state index in [0.717, 1.165) is 11.6 Å². The second-order valence-electron chi connectivity index (χ2n) is 4.66. The number of nitrogens with zero attached hydrogens (tertiary/aromatic N) is 2. The lowest BCUT2D eigenvalue weighted by Crippen LogP contribution is -2.12. The zero-order valence-electron chi connectivity index (χ0n) is 10.7. The third-order valence-electron chi connectivity index (χ3n) is 2.64. The topological polar surface area (TPSA) is 73.1 Å². The van der Waals surface area contributed by atoms with Crippen LogP contribution in [0.1, 0.15) is 45.4 Å². The molecule has 94 valence electrons. The standard InChI is InChI=1S/C12H20N4O/c1-4-17-12-9(13)11(14-8-5-6-8)15-10(16-12)7(2)3/h7-8H,4-6,13H2,1-3H3,(H,14,15,16). The Bertz CT molecular complexity index is 402. The Balaban J connectivity index is 2.32. The summed E-state index contributed by atoms with van der Waals surface area (Å²) in [5.41, 5.74) is 6.52. The average molecular weight is 236 g/mol. The van der Waals surface area contributed by atoms with Gasteiger partial charge in [-0.15, -0.1) is 0 Å². The highest BCUT2D eigenvalue weighted by atomic mass is 16.5. The van der Waals surface area contributed by atoms with Crippen molar-refractivity contribution < 1.29 is 4.74 Å². The van der Waals surface area contributed by atoms with Gasteiger partial charge in [-0.3, -0.25) is 0 Å². The van der Waals surface area contributed by atoms with E-state index >= 15 is 0 Å². The Morgan fingerprint density at radius 2 is 2.12 bits per heavy atom. The van der Waals surface area contributed by atoms with Crippen LogP contribution in [0.4, 0.5) is 11.5 Å². The van der Waals surface area contributed by atoms with Gasteiger partial charge < -0.3 is 15.8 Å². The molecule has 0 saturated heterocycles. The summed E-state index contributed by atoms with van der Waals surface area (Å²) in [7, 11) is 0. The molecular formula is C12H20N4O. The van der Waals surface area contributed by atoms with E-state index in [2.05, 4.69) is 29.1 Å². The Morgan fingerprint density at radius 3 is 2.65 bits per heavy atom. The number of anilines is 2. The summed E-state index contributed by atoms with van der Waals surface area (Å²) in [5, 5.41) is 3.32. The van der Waals surface area contributed by atoms with Gasteiger partial charge in [0.25, 0.3) is 0 Å². The van der Waals surface area contributed by atoms with E-state index in [4.69, 9.17) is 10.5 Å². The van der Waals surface area contributed by atoms with E-state index in [1.165, 1.54) is 12.8 Å². The van der Waals surface area contributed by atoms with Gasteiger partial charge in [0.2, 0.25) is 5.88 Å². The first-order valence-electron chi connectivity index (χ1n) is 6.18. The molecular weight excluding hydrogens is 216 g/mol. The van der Waals surface area contributed by atoms with Crippen LogP contribution < -0.4 is 15.8 Å². The molecule has 1 aromatic heterocycles. The maximum absolute atomic E-state index is 6.00. The molecule has 0 spiro atoms. The van der Waals surface area contributed by atoms with Gasteiger partial charge in [-0.1, -0.05) is 13.8 Å². The molecule has 5 heteroatoms. The first kappa shape index (κ1) is 12.0. The Kier molecular flexibility index (Phi) is 3.36. The fraction of sp³-hybridized carbons (Fsp3) is 0.667. The molecule has 1 heterocycles. The molecule has 0 aromatic carbocycles. The molecule has 0 radical (unpaired) electrons. The molecule has 0 unspecified atom stereocenters. The van der Waals surface area contributed by atoms with Crippen LogP contribution in [0.15, 0.2) is 0 Å². The van der Waals surface area contributed by atoms with Gasteiger partial charge in [-0.2, -0.15) is 4.98 Å². The largest absolute Gasteiger partial charge is 0.476 e. The zero-order valence-corrected chi connectivity index (χ0v) is 10.7. The third-order valence-corrected chi connectivity index (χ3v) is 2.64. The second-order valence-corrected chi connectivity index (χ2v) is 4.66. The van der Waals surface area contributed by atoms with Crippen molar-refractivity contribution in [3.05, 3.63) is 5.82 Å². The van der Waals surface area contributed by atoms with Crippen LogP contribution in [0.3, 0.4) is 0 Å². The van der Waals surface area contributed by atoms with E-state index in [-0.39, 0.29) is 5.92 Å². The molecule has 1 aliphatic rings. The van der Waals surface area contributed by atoms with Crippen LogP contribution in [-0.4, -0.2) is 22.6 Å². The highest BCUT2D eigenvalue weighted by Gasteiger charge is 2.24. The number of nitrogens with two attached hydrogens (primary N) is 1. The van der Waals surface area contributed by atoms with Gasteiger partial charge in [0.15, 0.2) is 5.82 Å². The molecule has 17 heavy (non-hydrogen) atoms. The fourth-order valence-electron chi connectivity index (χ4n) is 1.50. The first-order valence-corrected chi connectivity index (χ1v) is 6.18. The minimum atomic E-state index is 0.259. The van der Waals surface area contributed by atoms with E-state index in [0.29, 0.717) is 24.2 Å². The lowest BCUT2D eigenvalue weighted by molar-refractivity contribution is 0.326. The van der Waals surface area contributed by atoms with E-state index in [1.54, 1.807) is 0 Å². The quantitative estimate of drug-likeness (QED) is 0.819. The van der Waals surface area contributed by atoms with Crippen molar-refractivity contribution in [1.82, 2.24) is 9.97 Å². The Hall–Kier alpha value is -1.52. The number of nitrogen functional groups attached to an aromatic ring is 1. The van der Waals surface area contributed by atoms with Gasteiger partial charge in [0.1, 0.15) is 11.5 Å². The molecule has 1 saturated carbocycles. The predicted octanol–water partition coefficient (Wildman–Crippen LogP) is 2.16. The Morgan fingerprint density at radius 1 is 1.41 bits per heavy atom. The monoisotopic (exact) mass is 236 g/mol. The first-order chi connectivity index (χ1) is 8.11. The van der Waals surface area contributed by atoms with Gasteiger partial charge in [0.05, 0.1) is 6.61 Å². The van der Waals surface area contributed by atoms with Crippen molar-refractivity contribution in [2.75, 3.05) is 17.7 Å². The summed E-state index contributed by atoms with van der Waals surface area (Å²) in [6.07, 6.45) is 2.37. The van der Waals surface area contributed by atoms with Crippen molar-refractivity contribution >= 4 is 11.5 Å². The van der Waals surface area contributed by atoms with Crippen LogP contribution in [0.2, 0.25) is 0 Å². The molecule has 1 aliphatic carbocycles. The van der Waals surface area contributed by atoms with Crippen LogP contribution in [0, 0.1) is 0 Å². The normalized spacial score (nSPS) is 15.1. The van der Waals surface area contributed by atoms with Crippen LogP contribution in [0.5, 0.6) is 5.88 Å². The number of ether oxygens (including phenoxy) is 1. The lowest BCUT2D eigenvalue weighted by atomic mass is 10.2. The van der Waals surface area contributed by atoms with Crippen LogP contribution in [-0.2, 0) is 0 Å². The maximum Gasteiger partial charge on any atom is 0.242 e. The number of hydrogen-bond acceptors (Lipinski definition) is 5. The van der Waals surface area contributed by atoms with Gasteiger partial charge in [-0.05, 0) is 19.8 Å². The van der Waals surface area contributed by atoms with Gasteiger partial charge in [-0.25, -0.2) is 4.98 Å². The summed E-state index contributed by atoms with van der Waals surface area (Å²) < 4.78 is 5.45. The SMILES string of the molecule is CCOc1nc(C(C)C)nc(NC2CC2)c1N. The minimum Gasteiger partial charge on any atom is -0.476 e. The van der Waals surface area contributed by atoms with E-state index in [9.17, 15) is 0 Å². The van der Waals surface area contributed by atoms with Crippen molar-refractivity contribution in [2.24, 2.45) is 0 Å². The molecule has 5 nitrogen and oxygen atoms in total. The number of hydrogen-bond donors (Lipinski definition) is 2. The summed E-state index contributed by atoms with van der Waals surface area (Å²) >= 11 is 0. The van der Waals surface area contributed by atoms with Gasteiger partial charge >= 0.3 is 0 Å². The zero-order chi connectivity index (χ0) is 12.4. The molecule has 0 aliphatic heterocycles. The number of rotatable bonds is 5. The van der Waals surface area contributed by atoms with Crippen molar-refractivity contribution in [3.8, 4) is 5.88 Å². The summed E-state index contributed by atoms with van der Waals surface area (Å²) in [4.78, 5) is 8.82. The van der Waals surface area contributed by atoms with Crippen molar-refractivity contribution in [2.45, 2.75) is 45.6 Å². The molecule has 3 N–H and O–H groups in total. The minimum absolute atomic E-state index is 0.259. The van der Waals surface area contributed by atoms with E-state index in [1.807, 2.05) is 6.92 Å². The van der Waals surface area contributed by atoms with E-state index < -0.39 is 0 Å². The summed E-state index contributed by atoms with van der Waals surface area (Å²) in [5.74, 6) is 2.24. The van der Waals surface area contributed by atoms with Crippen LogP contribution in [0.25, 0.3) is 0 Å². The number of aromatic nitrogens is 2. The highest BCUT2D eigenvalue weighted by Crippen LogP contribution is 2.32. The van der Waals surface area contributed by atoms with Gasteiger partial charge in [0, 0.05) is 12.0 Å². The molecule has 0 amide bonds. The molecule has 0 bridgehead atoms. The maximum atomic E-state index is 6.00. The second kappa shape index (κ2) is 4.77. The lowest BCUT2D eigenvalue weighted by Gasteiger charge is -2.14. The highest BCUT2D eigenvalue weighted by molar-refractivity contribution is 5.67. The predicted molar refractivity (Wildman–Crippen MR) is 68.3 cm³/mol. The van der Waals surface area contributed by atoms with Crippen molar-refractivity contribution in [1.29, 1.82) is 0 Å². The average Bonchev–Trinajstić information content (AvgIpc) is 3.07. The molecule has 2 rings (SSSR count). The summed E-state index contributed by atoms with van der Waals surface area (Å²) in [6.45, 7) is 6.59. The molecule has 1 fully saturated rings. The fourth-order valence-corrected chi connectivity index (χ4v) is 1.50.